The number of aromatic nitrogens is 4. The van der Waals surface area contributed by atoms with E-state index in [1.165, 1.54) is 11.0 Å². The van der Waals surface area contributed by atoms with Crippen molar-refractivity contribution in [1.29, 1.82) is 0 Å². The van der Waals surface area contributed by atoms with Crippen LogP contribution in [-0.4, -0.2) is 51.4 Å². The van der Waals surface area contributed by atoms with E-state index in [0.717, 1.165) is 5.69 Å². The predicted molar refractivity (Wildman–Crippen MR) is 96.4 cm³/mol. The van der Waals surface area contributed by atoms with Crippen molar-refractivity contribution in [3.8, 4) is 5.69 Å². The zero-order valence-electron chi connectivity index (χ0n) is 14.7. The van der Waals surface area contributed by atoms with E-state index in [0.29, 0.717) is 31.0 Å². The second-order valence-electron chi connectivity index (χ2n) is 6.32. The molecule has 0 bridgehead atoms. The lowest BCUT2D eigenvalue weighted by atomic mass is 10.2. The lowest BCUT2D eigenvalue weighted by Gasteiger charge is -2.14. The van der Waals surface area contributed by atoms with E-state index in [4.69, 9.17) is 4.74 Å². The van der Waals surface area contributed by atoms with Gasteiger partial charge >= 0.3 is 6.09 Å². The van der Waals surface area contributed by atoms with Crippen LogP contribution >= 0.6 is 0 Å². The van der Waals surface area contributed by atoms with Gasteiger partial charge in [0.05, 0.1) is 42.8 Å². The molecule has 1 amide bonds. The second-order valence-corrected chi connectivity index (χ2v) is 6.32. The van der Waals surface area contributed by atoms with Crippen LogP contribution in [0.15, 0.2) is 49.4 Å². The van der Waals surface area contributed by atoms with Crippen molar-refractivity contribution in [2.45, 2.75) is 12.6 Å². The summed E-state index contributed by atoms with van der Waals surface area (Å²) in [5.74, 6) is -0.441. The van der Waals surface area contributed by atoms with E-state index < -0.39 is 11.9 Å². The Morgan fingerprint density at radius 1 is 1.37 bits per heavy atom. The molecule has 1 unspecified atom stereocenters. The maximum absolute atomic E-state index is 14.7. The number of nitrogens with zero attached hydrogens (tertiary/aromatic N) is 5. The highest BCUT2D eigenvalue weighted by atomic mass is 19.1. The molecule has 1 atom stereocenters. The van der Waals surface area contributed by atoms with Gasteiger partial charge in [0.1, 0.15) is 11.9 Å². The minimum absolute atomic E-state index is 0.246. The van der Waals surface area contributed by atoms with Crippen LogP contribution in [-0.2, 0) is 11.3 Å². The van der Waals surface area contributed by atoms with E-state index in [9.17, 15) is 9.18 Å². The van der Waals surface area contributed by atoms with Crippen LogP contribution in [0, 0.1) is 5.82 Å². The van der Waals surface area contributed by atoms with Crippen molar-refractivity contribution in [3.63, 3.8) is 0 Å². The number of amides is 1. The van der Waals surface area contributed by atoms with Crippen molar-refractivity contribution in [1.82, 2.24) is 24.4 Å². The molecule has 9 heteroatoms. The van der Waals surface area contributed by atoms with Crippen molar-refractivity contribution in [2.75, 3.05) is 25.0 Å². The normalized spacial score (nSPS) is 16.7. The van der Waals surface area contributed by atoms with Crippen molar-refractivity contribution < 1.29 is 13.9 Å². The quantitative estimate of drug-likeness (QED) is 0.716. The molecule has 0 aliphatic carbocycles. The first-order valence-corrected chi connectivity index (χ1v) is 8.55. The van der Waals surface area contributed by atoms with E-state index >= 15 is 0 Å². The van der Waals surface area contributed by atoms with E-state index in [-0.39, 0.29) is 6.10 Å². The Morgan fingerprint density at radius 2 is 2.26 bits per heavy atom. The largest absolute Gasteiger partial charge is 0.443 e. The van der Waals surface area contributed by atoms with Crippen molar-refractivity contribution in [2.24, 2.45) is 0 Å². The first-order valence-electron chi connectivity index (χ1n) is 8.55. The van der Waals surface area contributed by atoms with Crippen LogP contribution in [0.4, 0.5) is 14.9 Å². The first-order chi connectivity index (χ1) is 13.1. The van der Waals surface area contributed by atoms with E-state index in [1.54, 1.807) is 48.8 Å². The van der Waals surface area contributed by atoms with Crippen LogP contribution in [0.5, 0.6) is 0 Å². The fourth-order valence-corrected chi connectivity index (χ4v) is 3.08. The highest BCUT2D eigenvalue weighted by Crippen LogP contribution is 2.25. The summed E-state index contributed by atoms with van der Waals surface area (Å²) in [7, 11) is 1.79. The van der Waals surface area contributed by atoms with E-state index in [2.05, 4.69) is 15.3 Å². The second kappa shape index (κ2) is 7.20. The molecule has 4 rings (SSSR count). The highest BCUT2D eigenvalue weighted by molar-refractivity contribution is 5.89. The summed E-state index contributed by atoms with van der Waals surface area (Å²) in [5, 5.41) is 2.97. The summed E-state index contributed by atoms with van der Waals surface area (Å²) in [6, 6.07) is 4.68. The number of nitrogens with one attached hydrogen (secondary N) is 1. The van der Waals surface area contributed by atoms with Gasteiger partial charge in [-0.1, -0.05) is 0 Å². The molecule has 1 fully saturated rings. The molecule has 0 spiro atoms. The fourth-order valence-electron chi connectivity index (χ4n) is 3.08. The number of hydrogen-bond donors (Lipinski definition) is 1. The van der Waals surface area contributed by atoms with Gasteiger partial charge in [0.25, 0.3) is 0 Å². The SMILES string of the molecule is CNCC1CN(c2ccc(-n3cnc(Cn4ccnc4)c3)c(F)c2)C(=O)O1. The number of cyclic esters (lactones) is 1. The number of halogens is 1. The molecule has 0 radical (unpaired) electrons. The van der Waals surface area contributed by atoms with Gasteiger partial charge in [0.15, 0.2) is 0 Å². The van der Waals surface area contributed by atoms with Crippen molar-refractivity contribution in [3.05, 3.63) is 61.0 Å². The zero-order valence-corrected chi connectivity index (χ0v) is 14.7. The molecule has 0 saturated carbocycles. The topological polar surface area (TPSA) is 77.2 Å². The molecular formula is C18H19FN6O2. The van der Waals surface area contributed by atoms with Gasteiger partial charge in [-0.3, -0.25) is 4.90 Å². The van der Waals surface area contributed by atoms with Gasteiger partial charge in [-0.2, -0.15) is 0 Å². The third kappa shape index (κ3) is 3.54. The van der Waals surface area contributed by atoms with Gasteiger partial charge in [-0.25, -0.2) is 19.2 Å². The summed E-state index contributed by atoms with van der Waals surface area (Å²) in [4.78, 5) is 21.7. The van der Waals surface area contributed by atoms with E-state index in [1.807, 2.05) is 10.8 Å². The highest BCUT2D eigenvalue weighted by Gasteiger charge is 2.32. The molecule has 27 heavy (non-hydrogen) atoms. The molecule has 1 aliphatic rings. The number of ether oxygens (including phenoxy) is 1. The van der Waals surface area contributed by atoms with Crippen LogP contribution in [0.2, 0.25) is 0 Å². The maximum atomic E-state index is 14.7. The first kappa shape index (κ1) is 17.2. The molecule has 1 saturated heterocycles. The average Bonchev–Trinajstić information content (AvgIpc) is 3.38. The number of likely N-dealkylation sites (N-methyl/N-ethyl adjacent to an activating group) is 1. The number of carbonyl (C=O) groups excluding carboxylic acids is 1. The summed E-state index contributed by atoms with van der Waals surface area (Å²) in [6.45, 7) is 1.50. The smallest absolute Gasteiger partial charge is 0.414 e. The number of benzene rings is 1. The summed E-state index contributed by atoms with van der Waals surface area (Å²) < 4.78 is 23.5. The van der Waals surface area contributed by atoms with Crippen LogP contribution in [0.3, 0.4) is 0 Å². The molecule has 1 aromatic carbocycles. The average molecular weight is 370 g/mol. The Morgan fingerprint density at radius 3 is 3.00 bits per heavy atom. The Bertz CT molecular complexity index is 939. The van der Waals surface area contributed by atoms with Gasteiger partial charge < -0.3 is 19.2 Å². The molecule has 8 nitrogen and oxygen atoms in total. The maximum Gasteiger partial charge on any atom is 0.414 e. The zero-order chi connectivity index (χ0) is 18.8. The molecular weight excluding hydrogens is 351 g/mol. The number of imidazole rings is 2. The van der Waals surface area contributed by atoms with Crippen LogP contribution < -0.4 is 10.2 Å². The molecule has 1 aliphatic heterocycles. The number of carbonyl (C=O) groups is 1. The molecule has 2 aromatic heterocycles. The Labute approximate surface area is 155 Å². The van der Waals surface area contributed by atoms with Crippen LogP contribution in [0.1, 0.15) is 5.69 Å². The molecule has 3 heterocycles. The Hall–Kier alpha value is -3.20. The Kier molecular flexibility index (Phi) is 4.59. The third-order valence-corrected chi connectivity index (χ3v) is 4.37. The van der Waals surface area contributed by atoms with Crippen molar-refractivity contribution >= 4 is 11.8 Å². The molecule has 1 N–H and O–H groups in total. The lowest BCUT2D eigenvalue weighted by Crippen LogP contribution is -2.29. The minimum Gasteiger partial charge on any atom is -0.443 e. The van der Waals surface area contributed by atoms with Gasteiger partial charge in [0.2, 0.25) is 0 Å². The van der Waals surface area contributed by atoms with Crippen LogP contribution in [0.25, 0.3) is 5.69 Å². The van der Waals surface area contributed by atoms with Gasteiger partial charge in [-0.05, 0) is 25.2 Å². The third-order valence-electron chi connectivity index (χ3n) is 4.37. The molecule has 3 aromatic rings. The summed E-state index contributed by atoms with van der Waals surface area (Å²) >= 11 is 0. The number of hydrogen-bond acceptors (Lipinski definition) is 5. The van der Waals surface area contributed by atoms with Gasteiger partial charge in [-0.15, -0.1) is 0 Å². The summed E-state index contributed by atoms with van der Waals surface area (Å²) in [6.07, 6.45) is 7.86. The molecule has 140 valence electrons. The predicted octanol–water partition coefficient (Wildman–Crippen LogP) is 1.80. The number of anilines is 1. The van der Waals surface area contributed by atoms with Gasteiger partial charge in [0, 0.05) is 25.1 Å². The standard InChI is InChI=1S/C18H19FN6O2/c1-20-7-15-10-25(18(26)27-15)14-2-3-17(16(19)6-14)24-9-13(22-12-24)8-23-5-4-21-11-23/h2-6,9,11-12,15,20H,7-8,10H2,1H3. The lowest BCUT2D eigenvalue weighted by molar-refractivity contribution is 0.141. The summed E-state index contributed by atoms with van der Waals surface area (Å²) in [5.41, 5.74) is 1.62. The number of rotatable bonds is 6. The minimum atomic E-state index is -0.465. The monoisotopic (exact) mass is 370 g/mol. The Balaban J connectivity index is 1.52. The fraction of sp³-hybridized carbons (Fsp3) is 0.278.